The van der Waals surface area contributed by atoms with E-state index >= 15 is 0 Å². The Kier molecular flexibility index (Phi) is 4.58. The number of esters is 1. The van der Waals surface area contributed by atoms with E-state index in [0.29, 0.717) is 11.3 Å². The molecule has 0 fully saturated rings. The fourth-order valence-electron chi connectivity index (χ4n) is 1.61. The highest BCUT2D eigenvalue weighted by Gasteiger charge is 2.06. The summed E-state index contributed by atoms with van der Waals surface area (Å²) in [7, 11) is 1.33. The van der Waals surface area contributed by atoms with Crippen LogP contribution in [0.3, 0.4) is 0 Å². The lowest BCUT2D eigenvalue weighted by molar-refractivity contribution is 0.0600. The van der Waals surface area contributed by atoms with Gasteiger partial charge in [0.1, 0.15) is 18.2 Å². The van der Waals surface area contributed by atoms with Gasteiger partial charge in [-0.2, -0.15) is 0 Å². The second-order valence-corrected chi connectivity index (χ2v) is 4.46. The summed E-state index contributed by atoms with van der Waals surface area (Å²) in [5.41, 5.74) is 1.33. The quantitative estimate of drug-likeness (QED) is 0.804. The monoisotopic (exact) mass is 294 g/mol. The van der Waals surface area contributed by atoms with Gasteiger partial charge in [0.2, 0.25) is 0 Å². The van der Waals surface area contributed by atoms with Crippen LogP contribution >= 0.6 is 11.6 Å². The summed E-state index contributed by atoms with van der Waals surface area (Å²) >= 11 is 5.86. The average molecular weight is 295 g/mol. The summed E-state index contributed by atoms with van der Waals surface area (Å²) in [5.74, 6) is -0.395. The summed E-state index contributed by atoms with van der Waals surface area (Å²) < 4.78 is 23.0. The highest BCUT2D eigenvalue weighted by molar-refractivity contribution is 6.32. The number of rotatable bonds is 4. The molecule has 2 aromatic rings. The Labute approximate surface area is 120 Å². The van der Waals surface area contributed by atoms with Gasteiger partial charge in [-0.15, -0.1) is 0 Å². The predicted molar refractivity (Wildman–Crippen MR) is 73.5 cm³/mol. The van der Waals surface area contributed by atoms with E-state index in [9.17, 15) is 9.18 Å². The van der Waals surface area contributed by atoms with Gasteiger partial charge in [-0.05, 0) is 35.9 Å². The van der Waals surface area contributed by atoms with Gasteiger partial charge in [-0.25, -0.2) is 9.18 Å². The van der Waals surface area contributed by atoms with E-state index in [1.807, 2.05) is 0 Å². The molecule has 0 spiro atoms. The fourth-order valence-corrected chi connectivity index (χ4v) is 1.83. The van der Waals surface area contributed by atoms with Crippen LogP contribution in [0.1, 0.15) is 15.9 Å². The first-order valence-corrected chi connectivity index (χ1v) is 6.23. The molecule has 0 unspecified atom stereocenters. The van der Waals surface area contributed by atoms with Gasteiger partial charge in [0.25, 0.3) is 0 Å². The number of carbonyl (C=O) groups excluding carboxylic acids is 1. The molecule has 0 aliphatic carbocycles. The Bertz CT molecular complexity index is 611. The number of hydrogen-bond acceptors (Lipinski definition) is 3. The molecule has 0 aromatic heterocycles. The zero-order valence-corrected chi connectivity index (χ0v) is 11.5. The molecule has 0 saturated heterocycles. The van der Waals surface area contributed by atoms with Gasteiger partial charge in [0.05, 0.1) is 17.7 Å². The number of hydrogen-bond donors (Lipinski definition) is 0. The maximum atomic E-state index is 12.9. The molecule has 2 rings (SSSR count). The molecule has 0 atom stereocenters. The summed E-state index contributed by atoms with van der Waals surface area (Å²) in [5, 5.41) is 0.219. The van der Waals surface area contributed by atoms with E-state index in [4.69, 9.17) is 16.3 Å². The van der Waals surface area contributed by atoms with E-state index < -0.39 is 5.82 Å². The van der Waals surface area contributed by atoms with Crippen LogP contribution < -0.4 is 4.74 Å². The van der Waals surface area contributed by atoms with Gasteiger partial charge in [0, 0.05) is 0 Å². The lowest BCUT2D eigenvalue weighted by atomic mass is 10.1. The number of carbonyl (C=O) groups is 1. The van der Waals surface area contributed by atoms with Crippen molar-refractivity contribution in [1.82, 2.24) is 0 Å². The standard InChI is InChI=1S/C15H12ClFO3/c1-19-15(18)11-4-2-10(3-5-11)9-20-14-7-6-12(17)8-13(14)16/h2-8H,9H2,1H3. The van der Waals surface area contributed by atoms with Crippen molar-refractivity contribution in [3.8, 4) is 5.75 Å². The van der Waals surface area contributed by atoms with Gasteiger partial charge in [-0.3, -0.25) is 0 Å². The van der Waals surface area contributed by atoms with Crippen molar-refractivity contribution in [1.29, 1.82) is 0 Å². The fraction of sp³-hybridized carbons (Fsp3) is 0.133. The second kappa shape index (κ2) is 6.39. The van der Waals surface area contributed by atoms with Crippen molar-refractivity contribution in [2.24, 2.45) is 0 Å². The van der Waals surface area contributed by atoms with Crippen LogP contribution in [0.25, 0.3) is 0 Å². The predicted octanol–water partition coefficient (Wildman–Crippen LogP) is 3.84. The third-order valence-corrected chi connectivity index (χ3v) is 2.96. The van der Waals surface area contributed by atoms with Crippen LogP contribution in [-0.2, 0) is 11.3 Å². The summed E-state index contributed by atoms with van der Waals surface area (Å²) in [6.07, 6.45) is 0. The minimum atomic E-state index is -0.412. The zero-order chi connectivity index (χ0) is 14.5. The van der Waals surface area contributed by atoms with Crippen LogP contribution in [0.4, 0.5) is 4.39 Å². The highest BCUT2D eigenvalue weighted by atomic mass is 35.5. The van der Waals surface area contributed by atoms with E-state index in [2.05, 4.69) is 4.74 Å². The highest BCUT2D eigenvalue weighted by Crippen LogP contribution is 2.25. The largest absolute Gasteiger partial charge is 0.487 e. The van der Waals surface area contributed by atoms with Crippen molar-refractivity contribution >= 4 is 17.6 Å². The molecule has 0 heterocycles. The zero-order valence-electron chi connectivity index (χ0n) is 10.7. The molecule has 0 saturated carbocycles. The number of ether oxygens (including phenoxy) is 2. The number of methoxy groups -OCH3 is 1. The van der Waals surface area contributed by atoms with Crippen molar-refractivity contribution in [3.63, 3.8) is 0 Å². The minimum Gasteiger partial charge on any atom is -0.487 e. The van der Waals surface area contributed by atoms with Crippen molar-refractivity contribution in [3.05, 3.63) is 64.4 Å². The van der Waals surface area contributed by atoms with Crippen LogP contribution in [0.15, 0.2) is 42.5 Å². The summed E-state index contributed by atoms with van der Waals surface area (Å²) in [4.78, 5) is 11.3. The molecule has 3 nitrogen and oxygen atoms in total. The molecular weight excluding hydrogens is 283 g/mol. The number of halogens is 2. The minimum absolute atomic E-state index is 0.219. The maximum Gasteiger partial charge on any atom is 0.337 e. The number of benzene rings is 2. The Morgan fingerprint density at radius 2 is 1.90 bits per heavy atom. The van der Waals surface area contributed by atoms with Gasteiger partial charge >= 0.3 is 5.97 Å². The third kappa shape index (κ3) is 3.48. The van der Waals surface area contributed by atoms with Crippen LogP contribution in [0.2, 0.25) is 5.02 Å². The second-order valence-electron chi connectivity index (χ2n) is 4.05. The third-order valence-electron chi connectivity index (χ3n) is 2.66. The molecule has 2 aromatic carbocycles. The van der Waals surface area contributed by atoms with Crippen molar-refractivity contribution in [2.45, 2.75) is 6.61 Å². The maximum absolute atomic E-state index is 12.9. The first-order valence-electron chi connectivity index (χ1n) is 5.85. The van der Waals surface area contributed by atoms with Gasteiger partial charge < -0.3 is 9.47 Å². The van der Waals surface area contributed by atoms with Crippen LogP contribution in [0, 0.1) is 5.82 Å². The Morgan fingerprint density at radius 3 is 2.50 bits per heavy atom. The van der Waals surface area contributed by atoms with E-state index in [0.717, 1.165) is 5.56 Å². The Balaban J connectivity index is 2.02. The van der Waals surface area contributed by atoms with Crippen LogP contribution in [-0.4, -0.2) is 13.1 Å². The van der Waals surface area contributed by atoms with E-state index in [1.165, 1.54) is 25.3 Å². The summed E-state index contributed by atoms with van der Waals surface area (Å²) in [6, 6.07) is 10.8. The first kappa shape index (κ1) is 14.3. The lowest BCUT2D eigenvalue weighted by Gasteiger charge is -2.08. The molecule has 0 N–H and O–H groups in total. The molecule has 5 heteroatoms. The molecule has 0 aliphatic rings. The molecular formula is C15H12ClFO3. The summed E-state index contributed by atoms with van der Waals surface area (Å²) in [6.45, 7) is 0.271. The van der Waals surface area contributed by atoms with Crippen molar-refractivity contribution in [2.75, 3.05) is 7.11 Å². The Hall–Kier alpha value is -2.07. The molecule has 20 heavy (non-hydrogen) atoms. The van der Waals surface area contributed by atoms with Gasteiger partial charge in [0.15, 0.2) is 0 Å². The van der Waals surface area contributed by atoms with E-state index in [1.54, 1.807) is 24.3 Å². The van der Waals surface area contributed by atoms with E-state index in [-0.39, 0.29) is 17.6 Å². The smallest absolute Gasteiger partial charge is 0.337 e. The van der Waals surface area contributed by atoms with Crippen molar-refractivity contribution < 1.29 is 18.7 Å². The average Bonchev–Trinajstić information content (AvgIpc) is 2.46. The SMILES string of the molecule is COC(=O)c1ccc(COc2ccc(F)cc2Cl)cc1. The van der Waals surface area contributed by atoms with Crippen LogP contribution in [0.5, 0.6) is 5.75 Å². The Morgan fingerprint density at radius 1 is 1.20 bits per heavy atom. The normalized spacial score (nSPS) is 10.2. The molecule has 104 valence electrons. The topological polar surface area (TPSA) is 35.5 Å². The molecule has 0 amide bonds. The molecule has 0 radical (unpaired) electrons. The first-order chi connectivity index (χ1) is 9.60. The lowest BCUT2D eigenvalue weighted by Crippen LogP contribution is -2.02. The van der Waals surface area contributed by atoms with Gasteiger partial charge in [-0.1, -0.05) is 23.7 Å². The molecule has 0 bridgehead atoms. The molecule has 0 aliphatic heterocycles.